The van der Waals surface area contributed by atoms with Gasteiger partial charge >= 0.3 is 6.09 Å². The van der Waals surface area contributed by atoms with E-state index in [9.17, 15) is 14.4 Å². The summed E-state index contributed by atoms with van der Waals surface area (Å²) < 4.78 is 16.9. The molecule has 3 rings (SSSR count). The molecule has 2 heterocycles. The van der Waals surface area contributed by atoms with Crippen molar-refractivity contribution < 1.29 is 28.3 Å². The Labute approximate surface area is 232 Å². The molecule has 1 aromatic heterocycles. The highest BCUT2D eigenvalue weighted by Gasteiger charge is 2.36. The number of hydrogen-bond donors (Lipinski definition) is 2. The predicted molar refractivity (Wildman–Crippen MR) is 151 cm³/mol. The number of alkyl carbamates (subject to hydrolysis) is 1. The molecular formula is C30H45N3O6. The summed E-state index contributed by atoms with van der Waals surface area (Å²) in [5.41, 5.74) is 1.16. The van der Waals surface area contributed by atoms with E-state index in [0.717, 1.165) is 48.0 Å². The molecular weight excluding hydrogens is 498 g/mol. The molecule has 0 spiro atoms. The van der Waals surface area contributed by atoms with E-state index in [1.165, 1.54) is 0 Å². The number of carbonyl (C=O) groups is 3. The van der Waals surface area contributed by atoms with E-state index < -0.39 is 29.7 Å². The first-order valence-corrected chi connectivity index (χ1v) is 14.1. The minimum Gasteiger partial charge on any atom is -0.494 e. The van der Waals surface area contributed by atoms with Gasteiger partial charge in [-0.05, 0) is 77.5 Å². The molecule has 1 fully saturated rings. The van der Waals surface area contributed by atoms with Crippen LogP contribution in [0.5, 0.6) is 5.75 Å². The average Bonchev–Trinajstić information content (AvgIpc) is 3.48. The molecule has 2 aromatic rings. The van der Waals surface area contributed by atoms with Crippen molar-refractivity contribution in [1.29, 1.82) is 0 Å². The highest BCUT2D eigenvalue weighted by atomic mass is 16.6. The first kappa shape index (κ1) is 30.3. The zero-order valence-corrected chi connectivity index (χ0v) is 24.5. The van der Waals surface area contributed by atoms with Crippen molar-refractivity contribution in [2.24, 2.45) is 5.92 Å². The van der Waals surface area contributed by atoms with Gasteiger partial charge in [0, 0.05) is 23.5 Å². The molecule has 9 heteroatoms. The third kappa shape index (κ3) is 8.38. The molecule has 1 aliphatic rings. The van der Waals surface area contributed by atoms with Crippen molar-refractivity contribution in [3.8, 4) is 5.75 Å². The summed E-state index contributed by atoms with van der Waals surface area (Å²) in [5, 5.41) is 6.41. The van der Waals surface area contributed by atoms with Crippen molar-refractivity contribution in [3.63, 3.8) is 0 Å². The van der Waals surface area contributed by atoms with Gasteiger partial charge < -0.3 is 29.4 Å². The highest BCUT2D eigenvalue weighted by Crippen LogP contribution is 2.30. The van der Waals surface area contributed by atoms with Crippen LogP contribution in [-0.4, -0.2) is 59.7 Å². The fourth-order valence-electron chi connectivity index (χ4n) is 4.76. The van der Waals surface area contributed by atoms with Gasteiger partial charge in [-0.2, -0.15) is 0 Å². The van der Waals surface area contributed by atoms with Crippen molar-refractivity contribution >= 4 is 28.9 Å². The summed E-state index contributed by atoms with van der Waals surface area (Å²) in [6, 6.07) is 4.30. The van der Waals surface area contributed by atoms with E-state index in [1.807, 2.05) is 36.9 Å². The number of amides is 3. The fourth-order valence-corrected chi connectivity index (χ4v) is 4.76. The molecule has 0 bridgehead atoms. The van der Waals surface area contributed by atoms with Crippen LogP contribution in [0.25, 0.3) is 11.0 Å². The summed E-state index contributed by atoms with van der Waals surface area (Å²) in [5.74, 6) is 0.144. The molecule has 3 atom stereocenters. The van der Waals surface area contributed by atoms with Gasteiger partial charge in [-0.1, -0.05) is 27.2 Å². The predicted octanol–water partition coefficient (Wildman–Crippen LogP) is 5.20. The minimum absolute atomic E-state index is 0.00145. The number of likely N-dealkylation sites (tertiary alicyclic amines) is 1. The van der Waals surface area contributed by atoms with Gasteiger partial charge in [-0.15, -0.1) is 0 Å². The Morgan fingerprint density at radius 2 is 1.90 bits per heavy atom. The molecule has 3 amide bonds. The molecule has 1 aliphatic heterocycles. The number of nitrogens with zero attached hydrogens (tertiary/aromatic N) is 1. The summed E-state index contributed by atoms with van der Waals surface area (Å²) >= 11 is 0. The lowest BCUT2D eigenvalue weighted by Crippen LogP contribution is -2.56. The molecule has 216 valence electrons. The first-order chi connectivity index (χ1) is 18.4. The van der Waals surface area contributed by atoms with Crippen molar-refractivity contribution in [3.05, 3.63) is 30.0 Å². The first-order valence-electron chi connectivity index (χ1n) is 14.1. The monoisotopic (exact) mass is 543 g/mol. The number of furan rings is 1. The van der Waals surface area contributed by atoms with Crippen molar-refractivity contribution in [1.82, 2.24) is 15.5 Å². The minimum atomic E-state index is -0.852. The standard InChI is InChI=1S/C30H45N3O6/c1-8-9-15-37-23-12-13-25-24(17-23)21(18-38-25)16-22-11-10-14-33(22)28(35)26(19(2)3)32-27(34)20(4)31-29(36)39-30(5,6)7/h12-13,17-20,22,26H,8-11,14-16H2,1-7H3,(H,31,36)(H,32,34)/t20-,22-,26-/m0/s1. The van der Waals surface area contributed by atoms with Crippen LogP contribution in [0.15, 0.2) is 28.9 Å². The molecule has 0 aliphatic carbocycles. The van der Waals surface area contributed by atoms with Crippen LogP contribution in [0.3, 0.4) is 0 Å². The lowest BCUT2D eigenvalue weighted by atomic mass is 9.99. The Balaban J connectivity index is 1.68. The van der Waals surface area contributed by atoms with Gasteiger partial charge in [0.05, 0.1) is 12.9 Å². The van der Waals surface area contributed by atoms with Gasteiger partial charge in [0.15, 0.2) is 0 Å². The maximum Gasteiger partial charge on any atom is 0.408 e. The normalized spacial score (nSPS) is 17.2. The topological polar surface area (TPSA) is 110 Å². The van der Waals surface area contributed by atoms with Crippen LogP contribution in [0.2, 0.25) is 0 Å². The maximum atomic E-state index is 13.7. The average molecular weight is 544 g/mol. The Bertz CT molecular complexity index is 1140. The summed E-state index contributed by atoms with van der Waals surface area (Å²) in [6.07, 6.45) is 5.59. The van der Waals surface area contributed by atoms with E-state index in [-0.39, 0.29) is 17.9 Å². The molecule has 39 heavy (non-hydrogen) atoms. The molecule has 1 saturated heterocycles. The second kappa shape index (κ2) is 13.2. The number of carbonyl (C=O) groups excluding carboxylic acids is 3. The molecule has 0 unspecified atom stereocenters. The number of ether oxygens (including phenoxy) is 2. The molecule has 9 nitrogen and oxygen atoms in total. The van der Waals surface area contributed by atoms with Gasteiger partial charge in [0.2, 0.25) is 11.8 Å². The fraction of sp³-hybridized carbons (Fsp3) is 0.633. The van der Waals surface area contributed by atoms with Gasteiger partial charge in [-0.3, -0.25) is 9.59 Å². The number of benzene rings is 1. The van der Waals surface area contributed by atoms with Crippen LogP contribution >= 0.6 is 0 Å². The van der Waals surface area contributed by atoms with Crippen LogP contribution in [0.4, 0.5) is 4.79 Å². The quantitative estimate of drug-likeness (QED) is 0.377. The smallest absolute Gasteiger partial charge is 0.408 e. The Morgan fingerprint density at radius 1 is 1.15 bits per heavy atom. The number of hydrogen-bond acceptors (Lipinski definition) is 6. The second-order valence-corrected chi connectivity index (χ2v) is 11.8. The van der Waals surface area contributed by atoms with Gasteiger partial charge in [0.25, 0.3) is 0 Å². The SMILES string of the molecule is CCCCOc1ccc2occ(C[C@@H]3CCCN3C(=O)[C@@H](NC(=O)[C@H](C)NC(=O)OC(C)(C)C)C(C)C)c2c1. The van der Waals surface area contributed by atoms with E-state index in [4.69, 9.17) is 13.9 Å². The maximum absolute atomic E-state index is 13.7. The third-order valence-electron chi connectivity index (χ3n) is 6.86. The number of nitrogens with one attached hydrogen (secondary N) is 2. The number of fused-ring (bicyclic) bond motifs is 1. The van der Waals surface area contributed by atoms with Crippen LogP contribution in [0, 0.1) is 5.92 Å². The molecule has 0 saturated carbocycles. The summed E-state index contributed by atoms with van der Waals surface area (Å²) in [4.78, 5) is 40.6. The van der Waals surface area contributed by atoms with E-state index in [2.05, 4.69) is 17.6 Å². The lowest BCUT2D eigenvalue weighted by molar-refractivity contribution is -0.138. The highest BCUT2D eigenvalue weighted by molar-refractivity contribution is 5.91. The van der Waals surface area contributed by atoms with Crippen LogP contribution in [-0.2, 0) is 20.7 Å². The van der Waals surface area contributed by atoms with E-state index >= 15 is 0 Å². The number of rotatable bonds is 11. The molecule has 1 aromatic carbocycles. The zero-order chi connectivity index (χ0) is 28.7. The lowest BCUT2D eigenvalue weighted by Gasteiger charge is -2.31. The van der Waals surface area contributed by atoms with Crippen molar-refractivity contribution in [2.75, 3.05) is 13.2 Å². The Kier molecular flexibility index (Phi) is 10.3. The largest absolute Gasteiger partial charge is 0.494 e. The Hall–Kier alpha value is -3.23. The number of unbranched alkanes of at least 4 members (excludes halogenated alkanes) is 1. The molecule has 0 radical (unpaired) electrons. The molecule has 2 N–H and O–H groups in total. The Morgan fingerprint density at radius 3 is 2.56 bits per heavy atom. The third-order valence-corrected chi connectivity index (χ3v) is 6.86. The van der Waals surface area contributed by atoms with Crippen LogP contribution < -0.4 is 15.4 Å². The van der Waals surface area contributed by atoms with Gasteiger partial charge in [0.1, 0.15) is 29.0 Å². The summed E-state index contributed by atoms with van der Waals surface area (Å²) in [7, 11) is 0. The van der Waals surface area contributed by atoms with E-state index in [1.54, 1.807) is 34.0 Å². The second-order valence-electron chi connectivity index (χ2n) is 11.8. The zero-order valence-electron chi connectivity index (χ0n) is 24.5. The van der Waals surface area contributed by atoms with E-state index in [0.29, 0.717) is 19.6 Å². The van der Waals surface area contributed by atoms with Crippen molar-refractivity contribution in [2.45, 2.75) is 104 Å². The summed E-state index contributed by atoms with van der Waals surface area (Å²) in [6.45, 7) is 14.1. The van der Waals surface area contributed by atoms with Crippen LogP contribution in [0.1, 0.15) is 79.7 Å². The van der Waals surface area contributed by atoms with Gasteiger partial charge in [-0.25, -0.2) is 4.79 Å².